The summed E-state index contributed by atoms with van der Waals surface area (Å²) in [5, 5.41) is 13.1. The van der Waals surface area contributed by atoms with Gasteiger partial charge in [-0.05, 0) is 27.7 Å². The Hall–Kier alpha value is -1.36. The van der Waals surface area contributed by atoms with Crippen molar-refractivity contribution in [3.05, 3.63) is 18.0 Å². The lowest BCUT2D eigenvalue weighted by Crippen LogP contribution is -2.33. The molecule has 0 spiro atoms. The van der Waals surface area contributed by atoms with Crippen LogP contribution in [0.2, 0.25) is 0 Å². The summed E-state index contributed by atoms with van der Waals surface area (Å²) in [6, 6.07) is 0. The molecule has 1 aromatic rings. The van der Waals surface area contributed by atoms with Gasteiger partial charge in [0.2, 0.25) is 0 Å². The molecule has 1 rings (SSSR count). The van der Waals surface area contributed by atoms with Gasteiger partial charge in [-0.2, -0.15) is 5.10 Å². The molecule has 0 aliphatic carbocycles. The molecule has 0 aromatic carbocycles. The van der Waals surface area contributed by atoms with E-state index in [9.17, 15) is 4.79 Å². The highest BCUT2D eigenvalue weighted by atomic mass is 16.3. The third kappa shape index (κ3) is 3.30. The van der Waals surface area contributed by atoms with Crippen LogP contribution >= 0.6 is 0 Å². The summed E-state index contributed by atoms with van der Waals surface area (Å²) in [6.07, 6.45) is 3.33. The zero-order valence-electron chi connectivity index (χ0n) is 11.0. The fourth-order valence-electron chi connectivity index (χ4n) is 1.51. The lowest BCUT2D eigenvalue weighted by Gasteiger charge is -2.20. The molecule has 0 atom stereocenters. The Morgan fingerprint density at radius 2 is 2.18 bits per heavy atom. The largest absolute Gasteiger partial charge is 0.395 e. The van der Waals surface area contributed by atoms with Crippen LogP contribution in [0, 0.1) is 0 Å². The van der Waals surface area contributed by atoms with E-state index in [2.05, 4.69) is 5.10 Å². The summed E-state index contributed by atoms with van der Waals surface area (Å²) in [7, 11) is 0. The third-order valence-corrected chi connectivity index (χ3v) is 2.56. The van der Waals surface area contributed by atoms with Crippen molar-refractivity contribution in [2.45, 2.75) is 33.2 Å². The van der Waals surface area contributed by atoms with E-state index in [0.717, 1.165) is 0 Å². The van der Waals surface area contributed by atoms with E-state index in [1.807, 2.05) is 27.7 Å². The van der Waals surface area contributed by atoms with Crippen molar-refractivity contribution in [2.75, 3.05) is 19.7 Å². The summed E-state index contributed by atoms with van der Waals surface area (Å²) < 4.78 is 1.77. The fourth-order valence-corrected chi connectivity index (χ4v) is 1.51. The number of rotatable bonds is 4. The molecule has 17 heavy (non-hydrogen) atoms. The number of hydrogen-bond donors (Lipinski definition) is 1. The number of carbonyl (C=O) groups excluding carboxylic acids is 1. The normalized spacial score (nSPS) is 11.6. The van der Waals surface area contributed by atoms with Gasteiger partial charge in [0, 0.05) is 19.3 Å². The second-order valence-electron chi connectivity index (χ2n) is 4.95. The van der Waals surface area contributed by atoms with Gasteiger partial charge in [0.15, 0.2) is 0 Å². The maximum atomic E-state index is 12.1. The van der Waals surface area contributed by atoms with Crippen molar-refractivity contribution in [3.63, 3.8) is 0 Å². The molecule has 0 aliphatic rings. The maximum Gasteiger partial charge on any atom is 0.257 e. The van der Waals surface area contributed by atoms with Gasteiger partial charge in [-0.15, -0.1) is 0 Å². The summed E-state index contributed by atoms with van der Waals surface area (Å²) in [6.45, 7) is 8.89. The molecule has 0 radical (unpaired) electrons. The molecule has 0 fully saturated rings. The molecule has 1 amide bonds. The smallest absolute Gasteiger partial charge is 0.257 e. The van der Waals surface area contributed by atoms with E-state index in [1.165, 1.54) is 0 Å². The average molecular weight is 239 g/mol. The second kappa shape index (κ2) is 5.31. The van der Waals surface area contributed by atoms with Crippen LogP contribution in [0.3, 0.4) is 0 Å². The van der Waals surface area contributed by atoms with Crippen molar-refractivity contribution in [2.24, 2.45) is 0 Å². The van der Waals surface area contributed by atoms with E-state index in [4.69, 9.17) is 5.11 Å². The second-order valence-corrected chi connectivity index (χ2v) is 4.95. The van der Waals surface area contributed by atoms with Crippen LogP contribution in [-0.4, -0.2) is 45.4 Å². The molecule has 1 N–H and O–H groups in total. The highest BCUT2D eigenvalue weighted by Crippen LogP contribution is 2.14. The van der Waals surface area contributed by atoms with Crippen molar-refractivity contribution >= 4 is 5.91 Å². The molecule has 5 nitrogen and oxygen atoms in total. The predicted molar refractivity (Wildman–Crippen MR) is 65.9 cm³/mol. The topological polar surface area (TPSA) is 58.4 Å². The number of carbonyl (C=O) groups is 1. The Morgan fingerprint density at radius 3 is 2.59 bits per heavy atom. The minimum Gasteiger partial charge on any atom is -0.395 e. The predicted octanol–water partition coefficient (Wildman–Crippen LogP) is 1.09. The summed E-state index contributed by atoms with van der Waals surface area (Å²) >= 11 is 0. The first-order valence-electron chi connectivity index (χ1n) is 5.85. The molecule has 0 saturated carbocycles. The van der Waals surface area contributed by atoms with Gasteiger partial charge in [-0.1, -0.05) is 0 Å². The molecule has 0 saturated heterocycles. The first-order valence-corrected chi connectivity index (χ1v) is 5.85. The zero-order chi connectivity index (χ0) is 13.1. The first-order chi connectivity index (χ1) is 7.90. The van der Waals surface area contributed by atoms with Gasteiger partial charge in [0.25, 0.3) is 5.91 Å². The standard InChI is InChI=1S/C12H21N3O2/c1-5-14(6-7-16)11(17)10-8-13-15(9-10)12(2,3)4/h8-9,16H,5-7H2,1-4H3. The van der Waals surface area contributed by atoms with Crippen LogP contribution < -0.4 is 0 Å². The van der Waals surface area contributed by atoms with Crippen molar-refractivity contribution in [1.82, 2.24) is 14.7 Å². The molecule has 96 valence electrons. The minimum atomic E-state index is -0.132. The van der Waals surface area contributed by atoms with Gasteiger partial charge in [0.1, 0.15) is 0 Å². The lowest BCUT2D eigenvalue weighted by molar-refractivity contribution is 0.0732. The number of nitrogens with zero attached hydrogens (tertiary/aromatic N) is 3. The lowest BCUT2D eigenvalue weighted by atomic mass is 10.1. The molecule has 1 heterocycles. The van der Waals surface area contributed by atoms with Gasteiger partial charge < -0.3 is 10.0 Å². The van der Waals surface area contributed by atoms with Crippen molar-refractivity contribution in [3.8, 4) is 0 Å². The van der Waals surface area contributed by atoms with E-state index >= 15 is 0 Å². The maximum absolute atomic E-state index is 12.1. The number of aliphatic hydroxyl groups is 1. The first kappa shape index (κ1) is 13.7. The Kier molecular flexibility index (Phi) is 4.28. The van der Waals surface area contributed by atoms with Gasteiger partial charge in [-0.3, -0.25) is 9.48 Å². The third-order valence-electron chi connectivity index (χ3n) is 2.56. The number of likely N-dealkylation sites (N-methyl/N-ethyl adjacent to an activating group) is 1. The van der Waals surface area contributed by atoms with Crippen LogP contribution in [0.15, 0.2) is 12.4 Å². The monoisotopic (exact) mass is 239 g/mol. The SMILES string of the molecule is CCN(CCO)C(=O)c1cnn(C(C)(C)C)c1. The molecular formula is C12H21N3O2. The summed E-state index contributed by atoms with van der Waals surface area (Å²) in [4.78, 5) is 13.7. The number of aromatic nitrogens is 2. The molecule has 0 bridgehead atoms. The van der Waals surface area contributed by atoms with Crippen molar-refractivity contribution in [1.29, 1.82) is 0 Å². The average Bonchev–Trinajstić information content (AvgIpc) is 2.73. The van der Waals surface area contributed by atoms with Gasteiger partial charge in [-0.25, -0.2) is 0 Å². The molecule has 0 aliphatic heterocycles. The van der Waals surface area contributed by atoms with E-state index in [1.54, 1.807) is 22.0 Å². The summed E-state index contributed by atoms with van der Waals surface area (Å²) in [5.41, 5.74) is 0.433. The molecule has 5 heteroatoms. The van der Waals surface area contributed by atoms with E-state index in [0.29, 0.717) is 18.7 Å². The molecule has 1 aromatic heterocycles. The van der Waals surface area contributed by atoms with Crippen LogP contribution in [0.1, 0.15) is 38.1 Å². The number of hydrogen-bond acceptors (Lipinski definition) is 3. The number of aliphatic hydroxyl groups excluding tert-OH is 1. The van der Waals surface area contributed by atoms with Crippen LogP contribution in [-0.2, 0) is 5.54 Å². The van der Waals surface area contributed by atoms with E-state index < -0.39 is 0 Å². The molecular weight excluding hydrogens is 218 g/mol. The highest BCUT2D eigenvalue weighted by Gasteiger charge is 2.19. The minimum absolute atomic E-state index is 0.0208. The number of amides is 1. The Bertz CT molecular complexity index is 379. The van der Waals surface area contributed by atoms with Crippen LogP contribution in [0.5, 0.6) is 0 Å². The van der Waals surface area contributed by atoms with Gasteiger partial charge in [0.05, 0.1) is 23.9 Å². The highest BCUT2D eigenvalue weighted by molar-refractivity contribution is 5.93. The fraction of sp³-hybridized carbons (Fsp3) is 0.667. The van der Waals surface area contributed by atoms with Crippen molar-refractivity contribution < 1.29 is 9.90 Å². The Morgan fingerprint density at radius 1 is 1.53 bits per heavy atom. The van der Waals surface area contributed by atoms with Crippen LogP contribution in [0.4, 0.5) is 0 Å². The molecule has 0 unspecified atom stereocenters. The zero-order valence-corrected chi connectivity index (χ0v) is 11.0. The Labute approximate surface area is 102 Å². The van der Waals surface area contributed by atoms with Crippen LogP contribution in [0.25, 0.3) is 0 Å². The van der Waals surface area contributed by atoms with E-state index in [-0.39, 0.29) is 18.1 Å². The Balaban J connectivity index is 2.86. The summed E-state index contributed by atoms with van der Waals surface area (Å²) in [5.74, 6) is -0.0861. The quantitative estimate of drug-likeness (QED) is 0.855. The van der Waals surface area contributed by atoms with Gasteiger partial charge >= 0.3 is 0 Å².